The van der Waals surface area contributed by atoms with Crippen LogP contribution in [-0.2, 0) is 4.74 Å². The van der Waals surface area contributed by atoms with Gasteiger partial charge in [-0.15, -0.1) is 0 Å². The zero-order valence-corrected chi connectivity index (χ0v) is 11.5. The summed E-state index contributed by atoms with van der Waals surface area (Å²) >= 11 is 0. The van der Waals surface area contributed by atoms with Gasteiger partial charge in [-0.2, -0.15) is 5.26 Å². The van der Waals surface area contributed by atoms with Crippen molar-refractivity contribution in [1.82, 2.24) is 4.98 Å². The number of aromatic nitrogens is 1. The fourth-order valence-electron chi connectivity index (χ4n) is 2.16. The molecule has 0 saturated heterocycles. The zero-order valence-electron chi connectivity index (χ0n) is 11.5. The summed E-state index contributed by atoms with van der Waals surface area (Å²) in [5.41, 5.74) is 8.41. The predicted octanol–water partition coefficient (Wildman–Crippen LogP) is 2.18. The van der Waals surface area contributed by atoms with Crippen LogP contribution in [0, 0.1) is 11.3 Å². The minimum absolute atomic E-state index is 0.475. The number of rotatable bonds is 6. The van der Waals surface area contributed by atoms with Crippen LogP contribution in [0.5, 0.6) is 0 Å². The number of nitriles is 1. The number of nitrogens with zero attached hydrogens (tertiary/aromatic N) is 3. The van der Waals surface area contributed by atoms with E-state index in [0.717, 1.165) is 23.1 Å². The number of nitrogens with two attached hydrogens (primary N) is 1. The first-order valence-electron chi connectivity index (χ1n) is 6.51. The molecule has 0 aliphatic rings. The van der Waals surface area contributed by atoms with Crippen molar-refractivity contribution in [2.24, 2.45) is 0 Å². The quantitative estimate of drug-likeness (QED) is 0.814. The first-order chi connectivity index (χ1) is 9.76. The van der Waals surface area contributed by atoms with Gasteiger partial charge < -0.3 is 15.4 Å². The van der Waals surface area contributed by atoms with E-state index in [1.165, 1.54) is 0 Å². The molecule has 5 nitrogen and oxygen atoms in total. The third-order valence-electron chi connectivity index (χ3n) is 3.14. The van der Waals surface area contributed by atoms with E-state index in [-0.39, 0.29) is 0 Å². The summed E-state index contributed by atoms with van der Waals surface area (Å²) in [6.45, 7) is 2.02. The molecule has 1 aromatic heterocycles. The highest BCUT2D eigenvalue weighted by Gasteiger charge is 2.10. The van der Waals surface area contributed by atoms with E-state index in [2.05, 4.69) is 16.0 Å². The van der Waals surface area contributed by atoms with E-state index >= 15 is 0 Å². The lowest BCUT2D eigenvalue weighted by atomic mass is 10.1. The molecule has 0 radical (unpaired) electrons. The van der Waals surface area contributed by atoms with Gasteiger partial charge in [-0.1, -0.05) is 0 Å². The number of pyridine rings is 1. The highest BCUT2D eigenvalue weighted by molar-refractivity contribution is 5.93. The molecule has 1 aromatic carbocycles. The van der Waals surface area contributed by atoms with E-state index in [1.54, 1.807) is 13.3 Å². The average Bonchev–Trinajstić information content (AvgIpc) is 2.47. The molecule has 0 bridgehead atoms. The Morgan fingerprint density at radius 3 is 2.95 bits per heavy atom. The second-order valence-electron chi connectivity index (χ2n) is 4.49. The van der Waals surface area contributed by atoms with Gasteiger partial charge in [0.25, 0.3) is 0 Å². The SMILES string of the molecule is COCCN(CCC#N)c1ccnc2cc(N)ccc12. The average molecular weight is 270 g/mol. The minimum Gasteiger partial charge on any atom is -0.399 e. The third kappa shape index (κ3) is 3.16. The number of hydrogen-bond donors (Lipinski definition) is 1. The Labute approximate surface area is 118 Å². The summed E-state index contributed by atoms with van der Waals surface area (Å²) < 4.78 is 5.14. The van der Waals surface area contributed by atoms with Gasteiger partial charge in [-0.3, -0.25) is 4.98 Å². The summed E-state index contributed by atoms with van der Waals surface area (Å²) in [6.07, 6.45) is 2.24. The molecular weight excluding hydrogens is 252 g/mol. The van der Waals surface area contributed by atoms with Crippen molar-refractivity contribution in [2.45, 2.75) is 6.42 Å². The van der Waals surface area contributed by atoms with Crippen LogP contribution in [0.25, 0.3) is 10.9 Å². The van der Waals surface area contributed by atoms with Crippen LogP contribution in [0.4, 0.5) is 11.4 Å². The Balaban J connectivity index is 2.38. The summed E-state index contributed by atoms with van der Waals surface area (Å²) in [7, 11) is 1.67. The largest absolute Gasteiger partial charge is 0.399 e. The molecule has 0 amide bonds. The summed E-state index contributed by atoms with van der Waals surface area (Å²) in [4.78, 5) is 6.49. The van der Waals surface area contributed by atoms with Gasteiger partial charge in [0.05, 0.1) is 24.6 Å². The summed E-state index contributed by atoms with van der Waals surface area (Å²) in [5, 5.41) is 9.84. The van der Waals surface area contributed by atoms with Gasteiger partial charge in [0.1, 0.15) is 0 Å². The van der Waals surface area contributed by atoms with Crippen LogP contribution in [0.2, 0.25) is 0 Å². The maximum atomic E-state index is 8.80. The highest BCUT2D eigenvalue weighted by atomic mass is 16.5. The van der Waals surface area contributed by atoms with E-state index in [1.807, 2.05) is 24.3 Å². The molecule has 20 heavy (non-hydrogen) atoms. The van der Waals surface area contributed by atoms with Crippen LogP contribution in [0.3, 0.4) is 0 Å². The number of methoxy groups -OCH3 is 1. The topological polar surface area (TPSA) is 75.2 Å². The third-order valence-corrected chi connectivity index (χ3v) is 3.14. The molecule has 0 saturated carbocycles. The first kappa shape index (κ1) is 14.1. The Kier molecular flexibility index (Phi) is 4.75. The smallest absolute Gasteiger partial charge is 0.0743 e. The van der Waals surface area contributed by atoms with Gasteiger partial charge in [-0.05, 0) is 24.3 Å². The normalized spacial score (nSPS) is 10.4. The molecule has 0 fully saturated rings. The lowest BCUT2D eigenvalue weighted by molar-refractivity contribution is 0.205. The van der Waals surface area contributed by atoms with E-state index < -0.39 is 0 Å². The Hall–Kier alpha value is -2.32. The minimum atomic E-state index is 0.475. The van der Waals surface area contributed by atoms with Crippen LogP contribution in [-0.4, -0.2) is 31.8 Å². The van der Waals surface area contributed by atoms with Crippen molar-refractivity contribution >= 4 is 22.3 Å². The molecule has 2 N–H and O–H groups in total. The first-order valence-corrected chi connectivity index (χ1v) is 6.51. The van der Waals surface area contributed by atoms with Gasteiger partial charge in [0.15, 0.2) is 0 Å². The molecule has 1 heterocycles. The summed E-state index contributed by atoms with van der Waals surface area (Å²) in [5.74, 6) is 0. The van der Waals surface area contributed by atoms with Crippen LogP contribution >= 0.6 is 0 Å². The molecule has 2 aromatic rings. The molecule has 0 atom stereocenters. The van der Waals surface area contributed by atoms with E-state index in [0.29, 0.717) is 25.3 Å². The number of anilines is 2. The van der Waals surface area contributed by atoms with Crippen molar-refractivity contribution in [2.75, 3.05) is 37.4 Å². The number of fused-ring (bicyclic) bond motifs is 1. The number of benzene rings is 1. The van der Waals surface area contributed by atoms with Crippen molar-refractivity contribution in [3.8, 4) is 6.07 Å². The van der Waals surface area contributed by atoms with E-state index in [4.69, 9.17) is 15.7 Å². The fraction of sp³-hybridized carbons (Fsp3) is 0.333. The van der Waals surface area contributed by atoms with Crippen LogP contribution < -0.4 is 10.6 Å². The standard InChI is InChI=1S/C15H18N4O/c1-20-10-9-19(8-2-6-16)15-5-7-18-14-11-12(17)3-4-13(14)15/h3-5,7,11H,2,8-10,17H2,1H3. The van der Waals surface area contributed by atoms with Crippen LogP contribution in [0.1, 0.15) is 6.42 Å². The maximum absolute atomic E-state index is 8.80. The van der Waals surface area contributed by atoms with Gasteiger partial charge in [0.2, 0.25) is 0 Å². The lowest BCUT2D eigenvalue weighted by Gasteiger charge is -2.24. The van der Waals surface area contributed by atoms with Crippen molar-refractivity contribution < 1.29 is 4.74 Å². The lowest BCUT2D eigenvalue weighted by Crippen LogP contribution is -2.28. The second-order valence-corrected chi connectivity index (χ2v) is 4.49. The van der Waals surface area contributed by atoms with Gasteiger partial charge in [-0.25, -0.2) is 0 Å². The number of ether oxygens (including phenoxy) is 1. The Morgan fingerprint density at radius 1 is 1.35 bits per heavy atom. The monoisotopic (exact) mass is 270 g/mol. The van der Waals surface area contributed by atoms with Gasteiger partial charge in [0, 0.05) is 43.2 Å². The Morgan fingerprint density at radius 2 is 2.20 bits per heavy atom. The van der Waals surface area contributed by atoms with Gasteiger partial charge >= 0.3 is 0 Å². The second kappa shape index (κ2) is 6.73. The zero-order chi connectivity index (χ0) is 14.4. The van der Waals surface area contributed by atoms with Crippen molar-refractivity contribution in [3.05, 3.63) is 30.5 Å². The van der Waals surface area contributed by atoms with Crippen molar-refractivity contribution in [1.29, 1.82) is 5.26 Å². The fourth-order valence-corrected chi connectivity index (χ4v) is 2.16. The molecule has 0 aliphatic carbocycles. The number of hydrogen-bond acceptors (Lipinski definition) is 5. The maximum Gasteiger partial charge on any atom is 0.0743 e. The van der Waals surface area contributed by atoms with E-state index in [9.17, 15) is 0 Å². The molecule has 0 aliphatic heterocycles. The molecule has 104 valence electrons. The molecule has 5 heteroatoms. The molecule has 0 spiro atoms. The highest BCUT2D eigenvalue weighted by Crippen LogP contribution is 2.26. The van der Waals surface area contributed by atoms with Crippen LogP contribution in [0.15, 0.2) is 30.5 Å². The van der Waals surface area contributed by atoms with Crippen molar-refractivity contribution in [3.63, 3.8) is 0 Å². The number of nitrogen functional groups attached to an aromatic ring is 1. The Bertz CT molecular complexity index is 621. The molecule has 2 rings (SSSR count). The molecule has 0 unspecified atom stereocenters. The summed E-state index contributed by atoms with van der Waals surface area (Å²) in [6, 6.07) is 9.84. The predicted molar refractivity (Wildman–Crippen MR) is 80.5 cm³/mol. The molecular formula is C15H18N4O.